The Labute approximate surface area is 166 Å². The van der Waals surface area contributed by atoms with E-state index in [1.54, 1.807) is 17.3 Å². The molecular formula is C21H15Cl2N3O. The molecule has 1 aromatic heterocycles. The van der Waals surface area contributed by atoms with E-state index in [9.17, 15) is 4.79 Å². The molecule has 1 saturated carbocycles. The van der Waals surface area contributed by atoms with Crippen LogP contribution in [-0.4, -0.2) is 22.9 Å². The van der Waals surface area contributed by atoms with Gasteiger partial charge in [0.1, 0.15) is 6.33 Å². The smallest absolute Gasteiger partial charge is 0.214 e. The molecule has 2 heterocycles. The highest BCUT2D eigenvalue weighted by atomic mass is 35.5. The van der Waals surface area contributed by atoms with Crippen LogP contribution in [-0.2, 0) is 10.2 Å². The highest BCUT2D eigenvalue weighted by molar-refractivity contribution is 6.42. The lowest BCUT2D eigenvalue weighted by Gasteiger charge is -2.12. The van der Waals surface area contributed by atoms with Gasteiger partial charge in [0.05, 0.1) is 15.7 Å². The van der Waals surface area contributed by atoms with Gasteiger partial charge in [-0.15, -0.1) is 0 Å². The van der Waals surface area contributed by atoms with E-state index in [0.717, 1.165) is 35.5 Å². The van der Waals surface area contributed by atoms with Crippen molar-refractivity contribution in [1.82, 2.24) is 9.97 Å². The van der Waals surface area contributed by atoms with Crippen LogP contribution in [0.25, 0.3) is 11.3 Å². The second-order valence-corrected chi connectivity index (χ2v) is 7.93. The maximum atomic E-state index is 11.5. The van der Waals surface area contributed by atoms with Crippen LogP contribution in [0.15, 0.2) is 54.9 Å². The van der Waals surface area contributed by atoms with Gasteiger partial charge in [0.2, 0.25) is 6.41 Å². The van der Waals surface area contributed by atoms with E-state index in [4.69, 9.17) is 23.2 Å². The van der Waals surface area contributed by atoms with Crippen LogP contribution in [0.2, 0.25) is 10.0 Å². The normalized spacial score (nSPS) is 22.7. The molecule has 1 aliphatic heterocycles. The summed E-state index contributed by atoms with van der Waals surface area (Å²) in [6.45, 7) is 0.701. The Hall–Kier alpha value is -2.43. The molecule has 2 unspecified atom stereocenters. The van der Waals surface area contributed by atoms with Gasteiger partial charge in [0.15, 0.2) is 0 Å². The Morgan fingerprint density at radius 1 is 1.07 bits per heavy atom. The van der Waals surface area contributed by atoms with Gasteiger partial charge >= 0.3 is 0 Å². The second kappa shape index (κ2) is 6.04. The van der Waals surface area contributed by atoms with E-state index in [1.165, 1.54) is 5.56 Å². The third-order valence-electron chi connectivity index (χ3n) is 5.67. The highest BCUT2D eigenvalue weighted by Gasteiger charge is 2.61. The fraction of sp³-hybridized carbons (Fsp3) is 0.190. The predicted octanol–water partition coefficient (Wildman–Crippen LogP) is 4.85. The van der Waals surface area contributed by atoms with Crippen molar-refractivity contribution in [2.75, 3.05) is 11.4 Å². The first-order valence-electron chi connectivity index (χ1n) is 8.71. The molecular weight excluding hydrogens is 381 g/mol. The van der Waals surface area contributed by atoms with Crippen LogP contribution < -0.4 is 4.90 Å². The molecule has 6 heteroatoms. The van der Waals surface area contributed by atoms with Crippen LogP contribution in [0.4, 0.5) is 5.69 Å². The summed E-state index contributed by atoms with van der Waals surface area (Å²) in [7, 11) is 0. The Morgan fingerprint density at radius 3 is 2.74 bits per heavy atom. The van der Waals surface area contributed by atoms with Crippen LogP contribution in [0.1, 0.15) is 23.6 Å². The number of carbonyl (C=O) groups excluding carboxylic acids is 1. The number of rotatable bonds is 3. The maximum Gasteiger partial charge on any atom is 0.214 e. The number of hydrogen-bond acceptors (Lipinski definition) is 3. The lowest BCUT2D eigenvalue weighted by molar-refractivity contribution is -0.107. The minimum absolute atomic E-state index is 0.0409. The summed E-state index contributed by atoms with van der Waals surface area (Å²) in [5.74, 6) is 0.271. The summed E-state index contributed by atoms with van der Waals surface area (Å²) in [4.78, 5) is 22.2. The third kappa shape index (κ3) is 2.55. The van der Waals surface area contributed by atoms with Gasteiger partial charge in [-0.05, 0) is 36.2 Å². The van der Waals surface area contributed by atoms with Crippen molar-refractivity contribution in [1.29, 1.82) is 0 Å². The number of hydrogen-bond donors (Lipinski definition) is 0. The van der Waals surface area contributed by atoms with E-state index in [1.807, 2.05) is 36.4 Å². The minimum atomic E-state index is -0.0409. The molecule has 0 bridgehead atoms. The van der Waals surface area contributed by atoms with Crippen LogP contribution in [0.3, 0.4) is 0 Å². The van der Waals surface area contributed by atoms with Crippen molar-refractivity contribution >= 4 is 35.3 Å². The van der Waals surface area contributed by atoms with Gasteiger partial charge in [-0.3, -0.25) is 4.79 Å². The number of halogens is 2. The number of benzene rings is 2. The van der Waals surface area contributed by atoms with Crippen molar-refractivity contribution in [3.63, 3.8) is 0 Å². The monoisotopic (exact) mass is 395 g/mol. The summed E-state index contributed by atoms with van der Waals surface area (Å²) in [5, 5.41) is 1.02. The lowest BCUT2D eigenvalue weighted by Crippen LogP contribution is -2.23. The number of carbonyl (C=O) groups is 1. The fourth-order valence-corrected chi connectivity index (χ4v) is 4.55. The molecule has 0 radical (unpaired) electrons. The number of para-hydroxylation sites is 1. The second-order valence-electron chi connectivity index (χ2n) is 7.12. The molecule has 1 spiro atoms. The first-order chi connectivity index (χ1) is 13.1. The van der Waals surface area contributed by atoms with Crippen molar-refractivity contribution in [3.05, 3.63) is 76.2 Å². The molecule has 2 atom stereocenters. The van der Waals surface area contributed by atoms with Crippen molar-refractivity contribution in [2.24, 2.45) is 0 Å². The van der Waals surface area contributed by atoms with Gasteiger partial charge in [0, 0.05) is 34.8 Å². The van der Waals surface area contributed by atoms with E-state index in [2.05, 4.69) is 16.0 Å². The Kier molecular flexibility index (Phi) is 3.74. The van der Waals surface area contributed by atoms with Gasteiger partial charge in [-0.25, -0.2) is 9.97 Å². The Morgan fingerprint density at radius 2 is 1.93 bits per heavy atom. The first-order valence-corrected chi connectivity index (χ1v) is 9.47. The molecule has 2 aliphatic rings. The van der Waals surface area contributed by atoms with E-state index >= 15 is 0 Å². The maximum absolute atomic E-state index is 11.5. The molecule has 134 valence electrons. The Bertz CT molecular complexity index is 1070. The summed E-state index contributed by atoms with van der Waals surface area (Å²) < 4.78 is 0. The van der Waals surface area contributed by atoms with Gasteiger partial charge < -0.3 is 4.90 Å². The van der Waals surface area contributed by atoms with Crippen molar-refractivity contribution in [2.45, 2.75) is 17.8 Å². The molecule has 1 fully saturated rings. The zero-order valence-electron chi connectivity index (χ0n) is 14.3. The quantitative estimate of drug-likeness (QED) is 0.595. The summed E-state index contributed by atoms with van der Waals surface area (Å²) in [6.07, 6.45) is 3.49. The molecule has 0 saturated heterocycles. The minimum Gasteiger partial charge on any atom is -0.314 e. The summed E-state index contributed by atoms with van der Waals surface area (Å²) in [6, 6.07) is 15.7. The first kappa shape index (κ1) is 16.7. The number of nitrogens with zero attached hydrogens (tertiary/aromatic N) is 3. The average molecular weight is 396 g/mol. The molecule has 2 aromatic carbocycles. The van der Waals surface area contributed by atoms with Gasteiger partial charge in [0.25, 0.3) is 0 Å². The van der Waals surface area contributed by atoms with E-state index < -0.39 is 0 Å². The molecule has 0 N–H and O–H groups in total. The summed E-state index contributed by atoms with van der Waals surface area (Å²) in [5.41, 5.74) is 4.92. The molecule has 1 aliphatic carbocycles. The van der Waals surface area contributed by atoms with Crippen LogP contribution >= 0.6 is 23.2 Å². The van der Waals surface area contributed by atoms with Crippen LogP contribution in [0, 0.1) is 0 Å². The predicted molar refractivity (Wildman–Crippen MR) is 106 cm³/mol. The van der Waals surface area contributed by atoms with Gasteiger partial charge in [-0.2, -0.15) is 0 Å². The molecule has 5 rings (SSSR count). The molecule has 27 heavy (non-hydrogen) atoms. The highest BCUT2D eigenvalue weighted by Crippen LogP contribution is 2.65. The van der Waals surface area contributed by atoms with Crippen molar-refractivity contribution < 1.29 is 4.79 Å². The Balaban J connectivity index is 1.51. The standard InChI is InChI=1S/C21H15Cl2N3O/c22-16-6-5-13(7-17(16)23)18-8-19(25-11-24-18)15-9-21(15)10-26(12-27)20-4-2-1-3-14(20)21/h1-8,11-12,15H,9-10H2. The molecule has 3 aromatic rings. The van der Waals surface area contributed by atoms with Crippen molar-refractivity contribution in [3.8, 4) is 11.3 Å². The number of aromatic nitrogens is 2. The summed E-state index contributed by atoms with van der Waals surface area (Å²) >= 11 is 12.2. The van der Waals surface area contributed by atoms with Gasteiger partial charge in [-0.1, -0.05) is 47.5 Å². The fourth-order valence-electron chi connectivity index (χ4n) is 4.26. The number of fused-ring (bicyclic) bond motifs is 2. The topological polar surface area (TPSA) is 46.1 Å². The van der Waals surface area contributed by atoms with E-state index in [0.29, 0.717) is 16.6 Å². The molecule has 4 nitrogen and oxygen atoms in total. The zero-order chi connectivity index (χ0) is 18.6. The van der Waals surface area contributed by atoms with Crippen LogP contribution in [0.5, 0.6) is 0 Å². The average Bonchev–Trinajstić information content (AvgIpc) is 3.34. The lowest BCUT2D eigenvalue weighted by atomic mass is 9.94. The number of anilines is 1. The zero-order valence-corrected chi connectivity index (χ0v) is 15.8. The van der Waals surface area contributed by atoms with E-state index in [-0.39, 0.29) is 11.3 Å². The SMILES string of the molecule is O=CN1CC2(CC2c2cc(-c3ccc(Cl)c(Cl)c3)ncn2)c2ccccc21. The third-order valence-corrected chi connectivity index (χ3v) is 6.40. The largest absolute Gasteiger partial charge is 0.314 e. The number of amides is 1. The molecule has 1 amide bonds.